The normalized spacial score (nSPS) is 12.4. The molecule has 0 bridgehead atoms. The number of aromatic hydroxyl groups is 1. The van der Waals surface area contributed by atoms with Gasteiger partial charge in [0.15, 0.2) is 5.75 Å². The molecule has 0 spiro atoms. The summed E-state index contributed by atoms with van der Waals surface area (Å²) in [5.41, 5.74) is -0.0429. The van der Waals surface area contributed by atoms with Gasteiger partial charge in [-0.2, -0.15) is 0 Å². The van der Waals surface area contributed by atoms with Crippen molar-refractivity contribution in [3.05, 3.63) is 33.9 Å². The fourth-order valence-electron chi connectivity index (χ4n) is 0.991. The fourth-order valence-corrected chi connectivity index (χ4v) is 1.17. The lowest BCUT2D eigenvalue weighted by atomic mass is 10.1. The number of halogens is 1. The first kappa shape index (κ1) is 10.7. The maximum atomic E-state index is 10.3. The molecule has 14 heavy (non-hydrogen) atoms. The van der Waals surface area contributed by atoms with Crippen LogP contribution in [0.1, 0.15) is 11.7 Å². The molecule has 1 aromatic rings. The number of benzene rings is 1. The van der Waals surface area contributed by atoms with Crippen LogP contribution in [0, 0.1) is 10.1 Å². The molecule has 0 fully saturated rings. The van der Waals surface area contributed by atoms with E-state index in [1.807, 2.05) is 0 Å². The van der Waals surface area contributed by atoms with Gasteiger partial charge in [0.25, 0.3) is 0 Å². The van der Waals surface area contributed by atoms with Crippen molar-refractivity contribution in [1.82, 2.24) is 0 Å². The molecule has 0 saturated heterocycles. The standard InChI is InChI=1S/C8H8ClNO4/c9-4-8(12)5-1-2-6(10(13)14)7(11)3-5/h1-3,8,11-12H,4H2. The van der Waals surface area contributed by atoms with Crippen LogP contribution in [0.5, 0.6) is 5.75 Å². The predicted octanol–water partition coefficient (Wildman–Crippen LogP) is 1.57. The van der Waals surface area contributed by atoms with E-state index in [1.54, 1.807) is 0 Å². The third-order valence-corrected chi connectivity index (χ3v) is 2.02. The van der Waals surface area contributed by atoms with E-state index < -0.39 is 22.5 Å². The van der Waals surface area contributed by atoms with E-state index in [0.29, 0.717) is 5.56 Å². The molecule has 76 valence electrons. The molecule has 1 unspecified atom stereocenters. The second-order valence-electron chi connectivity index (χ2n) is 2.68. The van der Waals surface area contributed by atoms with E-state index >= 15 is 0 Å². The summed E-state index contributed by atoms with van der Waals surface area (Å²) in [5.74, 6) is -0.506. The summed E-state index contributed by atoms with van der Waals surface area (Å²) < 4.78 is 0. The largest absolute Gasteiger partial charge is 0.502 e. The van der Waals surface area contributed by atoms with E-state index in [1.165, 1.54) is 6.07 Å². The lowest BCUT2D eigenvalue weighted by molar-refractivity contribution is -0.385. The summed E-state index contributed by atoms with van der Waals surface area (Å²) in [5, 5.41) is 28.8. The second kappa shape index (κ2) is 4.26. The highest BCUT2D eigenvalue weighted by atomic mass is 35.5. The molecule has 2 N–H and O–H groups in total. The summed E-state index contributed by atoms with van der Waals surface area (Å²) in [7, 11) is 0. The smallest absolute Gasteiger partial charge is 0.310 e. The van der Waals surface area contributed by atoms with Crippen molar-refractivity contribution in [2.45, 2.75) is 6.10 Å². The first-order valence-electron chi connectivity index (χ1n) is 3.77. The molecular formula is C8H8ClNO4. The minimum absolute atomic E-state index is 0.0305. The predicted molar refractivity (Wildman–Crippen MR) is 50.4 cm³/mol. The molecule has 0 aliphatic rings. The second-order valence-corrected chi connectivity index (χ2v) is 2.98. The van der Waals surface area contributed by atoms with Gasteiger partial charge in [0.2, 0.25) is 0 Å². The highest BCUT2D eigenvalue weighted by Crippen LogP contribution is 2.28. The summed E-state index contributed by atoms with van der Waals surface area (Å²) in [6.45, 7) is 0. The molecule has 0 heterocycles. The molecule has 0 saturated carbocycles. The van der Waals surface area contributed by atoms with Gasteiger partial charge < -0.3 is 10.2 Å². The molecule has 1 aromatic carbocycles. The van der Waals surface area contributed by atoms with E-state index in [0.717, 1.165) is 12.1 Å². The first-order chi connectivity index (χ1) is 6.56. The summed E-state index contributed by atoms with van der Waals surface area (Å²) in [6, 6.07) is 3.61. The number of aliphatic hydroxyl groups is 1. The highest BCUT2D eigenvalue weighted by molar-refractivity contribution is 6.18. The van der Waals surface area contributed by atoms with E-state index in [2.05, 4.69) is 0 Å². The minimum atomic E-state index is -0.927. The average molecular weight is 218 g/mol. The Balaban J connectivity index is 3.06. The molecule has 5 nitrogen and oxygen atoms in total. The Morgan fingerprint density at radius 2 is 2.21 bits per heavy atom. The molecule has 0 aliphatic carbocycles. The Labute approximate surface area is 84.7 Å². The Bertz CT molecular complexity index is 355. The molecule has 0 aliphatic heterocycles. The number of hydrogen-bond donors (Lipinski definition) is 2. The fraction of sp³-hybridized carbons (Fsp3) is 0.250. The lowest BCUT2D eigenvalue weighted by Crippen LogP contribution is -1.99. The number of rotatable bonds is 3. The van der Waals surface area contributed by atoms with E-state index in [4.69, 9.17) is 11.6 Å². The van der Waals surface area contributed by atoms with Crippen LogP contribution < -0.4 is 0 Å². The van der Waals surface area contributed by atoms with Crippen molar-refractivity contribution in [3.63, 3.8) is 0 Å². The van der Waals surface area contributed by atoms with Gasteiger partial charge in [-0.05, 0) is 17.7 Å². The van der Waals surface area contributed by atoms with Gasteiger partial charge in [0, 0.05) is 6.07 Å². The Hall–Kier alpha value is -1.33. The topological polar surface area (TPSA) is 83.6 Å². The van der Waals surface area contributed by atoms with Gasteiger partial charge in [-0.3, -0.25) is 10.1 Å². The number of nitro groups is 1. The van der Waals surface area contributed by atoms with Gasteiger partial charge >= 0.3 is 5.69 Å². The number of aliphatic hydroxyl groups excluding tert-OH is 1. The van der Waals surface area contributed by atoms with Crippen LogP contribution in [-0.4, -0.2) is 21.0 Å². The van der Waals surface area contributed by atoms with Crippen LogP contribution in [0.2, 0.25) is 0 Å². The van der Waals surface area contributed by atoms with E-state index in [-0.39, 0.29) is 5.88 Å². The van der Waals surface area contributed by atoms with Crippen molar-refractivity contribution in [1.29, 1.82) is 0 Å². The van der Waals surface area contributed by atoms with Crippen LogP contribution in [0.15, 0.2) is 18.2 Å². The third-order valence-electron chi connectivity index (χ3n) is 1.73. The van der Waals surface area contributed by atoms with Gasteiger partial charge in [-0.25, -0.2) is 0 Å². The minimum Gasteiger partial charge on any atom is -0.502 e. The first-order valence-corrected chi connectivity index (χ1v) is 4.31. The highest BCUT2D eigenvalue weighted by Gasteiger charge is 2.15. The lowest BCUT2D eigenvalue weighted by Gasteiger charge is -2.06. The number of hydrogen-bond acceptors (Lipinski definition) is 4. The molecule has 0 aromatic heterocycles. The van der Waals surface area contributed by atoms with Crippen molar-refractivity contribution >= 4 is 17.3 Å². The number of phenolic OH excluding ortho intramolecular Hbond substituents is 1. The molecule has 1 rings (SSSR count). The molecule has 0 radical (unpaired) electrons. The average Bonchev–Trinajstić information content (AvgIpc) is 2.15. The van der Waals surface area contributed by atoms with Crippen LogP contribution in [0.25, 0.3) is 0 Å². The Kier molecular flexibility index (Phi) is 3.27. The Morgan fingerprint density at radius 3 is 2.64 bits per heavy atom. The summed E-state index contributed by atoms with van der Waals surface area (Å²) in [4.78, 5) is 9.63. The summed E-state index contributed by atoms with van der Waals surface area (Å²) in [6.07, 6.45) is -0.927. The van der Waals surface area contributed by atoms with Gasteiger partial charge in [0.05, 0.1) is 16.9 Å². The number of nitro benzene ring substituents is 1. The number of nitrogens with zero attached hydrogens (tertiary/aromatic N) is 1. The maximum absolute atomic E-state index is 10.3. The number of alkyl halides is 1. The SMILES string of the molecule is O=[N+]([O-])c1ccc(C(O)CCl)cc1O. The van der Waals surface area contributed by atoms with Gasteiger partial charge in [0.1, 0.15) is 0 Å². The molecule has 0 amide bonds. The van der Waals surface area contributed by atoms with E-state index in [9.17, 15) is 20.3 Å². The van der Waals surface area contributed by atoms with Crippen molar-refractivity contribution in [2.24, 2.45) is 0 Å². The number of phenols is 1. The maximum Gasteiger partial charge on any atom is 0.310 e. The Morgan fingerprint density at radius 1 is 1.57 bits per heavy atom. The molecule has 6 heteroatoms. The van der Waals surface area contributed by atoms with Crippen LogP contribution in [0.4, 0.5) is 5.69 Å². The van der Waals surface area contributed by atoms with Crippen LogP contribution in [-0.2, 0) is 0 Å². The van der Waals surface area contributed by atoms with Crippen molar-refractivity contribution in [3.8, 4) is 5.75 Å². The quantitative estimate of drug-likeness (QED) is 0.457. The van der Waals surface area contributed by atoms with Crippen molar-refractivity contribution < 1.29 is 15.1 Å². The van der Waals surface area contributed by atoms with Crippen molar-refractivity contribution in [2.75, 3.05) is 5.88 Å². The van der Waals surface area contributed by atoms with Crippen LogP contribution in [0.3, 0.4) is 0 Å². The zero-order valence-corrected chi connectivity index (χ0v) is 7.81. The zero-order chi connectivity index (χ0) is 10.7. The monoisotopic (exact) mass is 217 g/mol. The van der Waals surface area contributed by atoms with Gasteiger partial charge in [-0.15, -0.1) is 11.6 Å². The molecular weight excluding hydrogens is 210 g/mol. The molecule has 1 atom stereocenters. The van der Waals surface area contributed by atoms with Gasteiger partial charge in [-0.1, -0.05) is 0 Å². The summed E-state index contributed by atoms with van der Waals surface area (Å²) >= 11 is 5.38. The third kappa shape index (κ3) is 2.12. The zero-order valence-electron chi connectivity index (χ0n) is 7.05. The van der Waals surface area contributed by atoms with Crippen LogP contribution >= 0.6 is 11.6 Å².